The average Bonchev–Trinajstić information content (AvgIpc) is 3.25. The second-order valence-corrected chi connectivity index (χ2v) is 9.90. The van der Waals surface area contributed by atoms with E-state index in [9.17, 15) is 14.4 Å². The van der Waals surface area contributed by atoms with E-state index in [1.165, 1.54) is 26.4 Å². The summed E-state index contributed by atoms with van der Waals surface area (Å²) in [6.07, 6.45) is 6.17. The number of Topliss-reactive ketones (excluding diaryl/α,β-unsaturated/α-hetero) is 1. The van der Waals surface area contributed by atoms with Crippen LogP contribution in [0.3, 0.4) is 0 Å². The summed E-state index contributed by atoms with van der Waals surface area (Å²) < 4.78 is 22.7. The molecule has 1 aromatic heterocycles. The van der Waals surface area contributed by atoms with Gasteiger partial charge in [0.2, 0.25) is 0 Å². The van der Waals surface area contributed by atoms with Crippen LogP contribution in [0.4, 0.5) is 0 Å². The van der Waals surface area contributed by atoms with Crippen molar-refractivity contribution in [2.24, 2.45) is 22.7 Å². The van der Waals surface area contributed by atoms with Crippen LogP contribution in [0.2, 0.25) is 0 Å². The van der Waals surface area contributed by atoms with Crippen LogP contribution >= 0.6 is 0 Å². The topological polar surface area (TPSA) is 95.3 Å². The van der Waals surface area contributed by atoms with Gasteiger partial charge in [-0.2, -0.15) is 0 Å². The summed E-state index contributed by atoms with van der Waals surface area (Å²) in [5.74, 6) is -0.563. The Balaban J connectivity index is 1.78. The van der Waals surface area contributed by atoms with Gasteiger partial charge >= 0.3 is 11.9 Å². The lowest BCUT2D eigenvalue weighted by molar-refractivity contribution is -0.227. The summed E-state index contributed by atoms with van der Waals surface area (Å²) in [5, 5.41) is 0. The quantitative estimate of drug-likeness (QED) is 0.381. The highest BCUT2D eigenvalue weighted by atomic mass is 16.6. The van der Waals surface area contributed by atoms with E-state index in [2.05, 4.69) is 13.8 Å². The maximum Gasteiger partial charge on any atom is 0.302 e. The number of ether oxygens (including phenoxy) is 3. The third-order valence-corrected chi connectivity index (χ3v) is 8.31. The number of carbonyl (C=O) groups is 3. The largest absolute Gasteiger partial charge is 0.472 e. The maximum absolute atomic E-state index is 13.1. The molecule has 3 aliphatic rings. The third-order valence-electron chi connectivity index (χ3n) is 8.31. The van der Waals surface area contributed by atoms with Gasteiger partial charge < -0.3 is 18.6 Å². The molecule has 0 N–H and O–H groups in total. The fraction of sp³-hybridized carbons (Fsp3) is 0.708. The Hall–Kier alpha value is -2.15. The first-order chi connectivity index (χ1) is 14.6. The van der Waals surface area contributed by atoms with E-state index < -0.39 is 17.1 Å². The Morgan fingerprint density at radius 1 is 1.23 bits per heavy atom. The van der Waals surface area contributed by atoms with Crippen LogP contribution in [0.1, 0.15) is 70.2 Å². The highest BCUT2D eigenvalue weighted by Crippen LogP contribution is 2.69. The minimum Gasteiger partial charge on any atom is -0.472 e. The molecule has 7 heteroatoms. The summed E-state index contributed by atoms with van der Waals surface area (Å²) in [4.78, 5) is 37.0. The van der Waals surface area contributed by atoms with Crippen molar-refractivity contribution in [2.75, 3.05) is 13.2 Å². The first-order valence-corrected chi connectivity index (χ1v) is 11.1. The second kappa shape index (κ2) is 7.76. The minimum atomic E-state index is -0.666. The first-order valence-electron chi connectivity index (χ1n) is 11.1. The van der Waals surface area contributed by atoms with Gasteiger partial charge in [0.15, 0.2) is 5.78 Å². The second-order valence-electron chi connectivity index (χ2n) is 9.90. The van der Waals surface area contributed by atoms with Crippen LogP contribution in [0.5, 0.6) is 0 Å². The summed E-state index contributed by atoms with van der Waals surface area (Å²) in [5.41, 5.74) is -0.953. The van der Waals surface area contributed by atoms with E-state index in [1.807, 2.05) is 0 Å². The number of carbonyl (C=O) groups excluding carboxylic acids is 3. The Morgan fingerprint density at radius 2 is 1.97 bits per heavy atom. The zero-order valence-corrected chi connectivity index (χ0v) is 18.8. The molecule has 0 amide bonds. The Bertz CT molecular complexity index is 855. The smallest absolute Gasteiger partial charge is 0.302 e. The number of rotatable bonds is 6. The molecule has 1 aromatic rings. The molecule has 0 bridgehead atoms. The Labute approximate surface area is 182 Å². The van der Waals surface area contributed by atoms with Gasteiger partial charge in [-0.25, -0.2) is 0 Å². The predicted molar refractivity (Wildman–Crippen MR) is 110 cm³/mol. The molecule has 7 nitrogen and oxygen atoms in total. The van der Waals surface area contributed by atoms with Crippen molar-refractivity contribution >= 4 is 17.7 Å². The van der Waals surface area contributed by atoms with Crippen molar-refractivity contribution in [3.05, 3.63) is 24.2 Å². The monoisotopic (exact) mass is 432 g/mol. The zero-order valence-electron chi connectivity index (χ0n) is 18.8. The molecule has 31 heavy (non-hydrogen) atoms. The van der Waals surface area contributed by atoms with Gasteiger partial charge in [-0.15, -0.1) is 0 Å². The summed E-state index contributed by atoms with van der Waals surface area (Å²) in [7, 11) is 0. The Morgan fingerprint density at radius 3 is 2.55 bits per heavy atom. The number of hydrogen-bond acceptors (Lipinski definition) is 7. The van der Waals surface area contributed by atoms with Gasteiger partial charge in [0, 0.05) is 20.3 Å². The molecule has 1 spiro atoms. The molecule has 0 aromatic carbocycles. The van der Waals surface area contributed by atoms with Crippen LogP contribution in [0.25, 0.3) is 0 Å². The molecular formula is C24H32O7. The van der Waals surface area contributed by atoms with Crippen molar-refractivity contribution in [3.63, 3.8) is 0 Å². The number of furan rings is 1. The SMILES string of the molecule is CC(=O)OC[C@@]12[C@@H](OC(C)=O)C[C@@H](C)[C@](C)(CC(=O)c3ccoc3)[C@H]1CCC[C@]21CO1. The predicted octanol–water partition coefficient (Wildman–Crippen LogP) is 3.95. The molecular weight excluding hydrogens is 400 g/mol. The summed E-state index contributed by atoms with van der Waals surface area (Å²) in [6.45, 7) is 7.79. The number of hydrogen-bond donors (Lipinski definition) is 0. The van der Waals surface area contributed by atoms with Crippen LogP contribution in [0, 0.1) is 22.7 Å². The molecule has 2 saturated carbocycles. The lowest BCUT2D eigenvalue weighted by Gasteiger charge is -2.62. The van der Waals surface area contributed by atoms with Crippen LogP contribution in [-0.2, 0) is 23.8 Å². The normalized spacial score (nSPS) is 38.9. The lowest BCUT2D eigenvalue weighted by atomic mass is 9.43. The van der Waals surface area contributed by atoms with E-state index in [0.717, 1.165) is 19.3 Å². The standard InChI is InChI=1S/C24H32O7/c1-15-10-21(31-17(3)26)24(14-29-16(2)25)20(6-5-8-23(24)13-30-23)22(15,4)11-19(27)18-7-9-28-12-18/h7,9,12,15,20-21H,5-6,8,10-11,13-14H2,1-4H3/t15-,20-,21+,22+,23+,24+/m1/s1. The molecule has 2 aliphatic carbocycles. The highest BCUT2D eigenvalue weighted by Gasteiger charge is 2.75. The van der Waals surface area contributed by atoms with E-state index in [0.29, 0.717) is 25.0 Å². The lowest BCUT2D eigenvalue weighted by Crippen LogP contribution is -2.67. The van der Waals surface area contributed by atoms with Crippen molar-refractivity contribution in [1.82, 2.24) is 0 Å². The highest BCUT2D eigenvalue weighted by molar-refractivity contribution is 5.96. The number of epoxide rings is 1. The fourth-order valence-corrected chi connectivity index (χ4v) is 6.55. The molecule has 1 aliphatic heterocycles. The van der Waals surface area contributed by atoms with E-state index in [4.69, 9.17) is 18.6 Å². The average molecular weight is 433 g/mol. The van der Waals surface area contributed by atoms with Gasteiger partial charge in [-0.05, 0) is 42.6 Å². The molecule has 2 heterocycles. The van der Waals surface area contributed by atoms with E-state index >= 15 is 0 Å². The van der Waals surface area contributed by atoms with Gasteiger partial charge in [0.25, 0.3) is 0 Å². The molecule has 3 fully saturated rings. The number of esters is 2. The van der Waals surface area contributed by atoms with Gasteiger partial charge in [0.1, 0.15) is 24.6 Å². The van der Waals surface area contributed by atoms with Crippen LogP contribution < -0.4 is 0 Å². The van der Waals surface area contributed by atoms with Crippen molar-refractivity contribution in [1.29, 1.82) is 0 Å². The van der Waals surface area contributed by atoms with Crippen molar-refractivity contribution in [2.45, 2.75) is 71.5 Å². The summed E-state index contributed by atoms with van der Waals surface area (Å²) >= 11 is 0. The summed E-state index contributed by atoms with van der Waals surface area (Å²) in [6, 6.07) is 1.69. The molecule has 0 radical (unpaired) electrons. The van der Waals surface area contributed by atoms with E-state index in [-0.39, 0.29) is 41.6 Å². The fourth-order valence-electron chi connectivity index (χ4n) is 6.55. The number of ketones is 1. The maximum atomic E-state index is 13.1. The Kier molecular flexibility index (Phi) is 5.53. The first kappa shape index (κ1) is 22.1. The van der Waals surface area contributed by atoms with Crippen LogP contribution in [-0.4, -0.2) is 42.6 Å². The van der Waals surface area contributed by atoms with Gasteiger partial charge in [0.05, 0.1) is 23.8 Å². The van der Waals surface area contributed by atoms with Gasteiger partial charge in [-0.1, -0.05) is 20.3 Å². The van der Waals surface area contributed by atoms with Crippen LogP contribution in [0.15, 0.2) is 23.0 Å². The van der Waals surface area contributed by atoms with Crippen molar-refractivity contribution in [3.8, 4) is 0 Å². The molecule has 6 atom stereocenters. The van der Waals surface area contributed by atoms with Crippen molar-refractivity contribution < 1.29 is 33.0 Å². The molecule has 0 unspecified atom stereocenters. The van der Waals surface area contributed by atoms with E-state index in [1.54, 1.807) is 6.07 Å². The molecule has 4 rings (SSSR count). The molecule has 170 valence electrons. The number of fused-ring (bicyclic) bond motifs is 2. The zero-order chi connectivity index (χ0) is 22.4. The minimum absolute atomic E-state index is 0.000416. The third kappa shape index (κ3) is 3.51. The van der Waals surface area contributed by atoms with Gasteiger partial charge in [-0.3, -0.25) is 14.4 Å². The molecule has 1 saturated heterocycles.